The van der Waals surface area contributed by atoms with Crippen molar-refractivity contribution in [2.75, 3.05) is 5.32 Å². The van der Waals surface area contributed by atoms with Crippen molar-refractivity contribution in [3.8, 4) is 0 Å². The number of nitrogens with one attached hydrogen (secondary N) is 3. The maximum atomic E-state index is 5.51. The fourth-order valence-electron chi connectivity index (χ4n) is 3.82. The zero-order chi connectivity index (χ0) is 16.5. The van der Waals surface area contributed by atoms with Crippen LogP contribution in [0.5, 0.6) is 0 Å². The number of piperidine rings is 1. The molecule has 0 unspecified atom stereocenters. The second-order valence-corrected chi connectivity index (χ2v) is 8.38. The van der Waals surface area contributed by atoms with E-state index in [-0.39, 0.29) is 11.1 Å². The number of hydrogen-bond acceptors (Lipinski definition) is 2. The number of thiocarbonyl (C=S) groups is 1. The van der Waals surface area contributed by atoms with Gasteiger partial charge < -0.3 is 16.0 Å². The zero-order valence-corrected chi connectivity index (χ0v) is 15.4. The average Bonchev–Trinajstić information content (AvgIpc) is 2.21. The maximum absolute atomic E-state index is 5.51. The smallest absolute Gasteiger partial charge is 0.170 e. The Morgan fingerprint density at radius 1 is 1.05 bits per heavy atom. The van der Waals surface area contributed by atoms with E-state index in [2.05, 4.69) is 75.7 Å². The first-order valence-electron chi connectivity index (χ1n) is 8.00. The van der Waals surface area contributed by atoms with Gasteiger partial charge in [-0.3, -0.25) is 0 Å². The second kappa shape index (κ2) is 6.17. The molecule has 3 N–H and O–H groups in total. The van der Waals surface area contributed by atoms with E-state index in [0.29, 0.717) is 11.2 Å². The lowest BCUT2D eigenvalue weighted by Crippen LogP contribution is -2.62. The van der Waals surface area contributed by atoms with Gasteiger partial charge in [0.15, 0.2) is 5.11 Å². The minimum Gasteiger partial charge on any atom is -0.360 e. The summed E-state index contributed by atoms with van der Waals surface area (Å²) in [6, 6.07) is 6.80. The van der Waals surface area contributed by atoms with Gasteiger partial charge in [-0.2, -0.15) is 0 Å². The molecule has 0 radical (unpaired) electrons. The Kier molecular flexibility index (Phi) is 4.83. The molecule has 0 aromatic heterocycles. The van der Waals surface area contributed by atoms with E-state index in [1.165, 1.54) is 11.1 Å². The number of benzene rings is 1. The molecule has 0 saturated carbocycles. The van der Waals surface area contributed by atoms with Gasteiger partial charge in [0.25, 0.3) is 0 Å². The van der Waals surface area contributed by atoms with E-state index >= 15 is 0 Å². The summed E-state index contributed by atoms with van der Waals surface area (Å²) in [5, 5.41) is 11.2. The van der Waals surface area contributed by atoms with Gasteiger partial charge in [0.05, 0.1) is 0 Å². The first-order chi connectivity index (χ1) is 10.0. The third-order valence-electron chi connectivity index (χ3n) is 4.00. The predicted molar refractivity (Wildman–Crippen MR) is 99.6 cm³/mol. The monoisotopic (exact) mass is 319 g/mol. The number of anilines is 1. The standard InChI is InChI=1S/C18H29N3S/c1-12-7-13(2)9-14(8-12)19-16(22)20-15-10-17(3,4)21-18(5,6)11-15/h7-9,15,21H,10-11H2,1-6H3,(H2,19,20,22). The minimum atomic E-state index is 0.120. The molecule has 1 aromatic rings. The Morgan fingerprint density at radius 3 is 2.05 bits per heavy atom. The van der Waals surface area contributed by atoms with Gasteiger partial charge in [0, 0.05) is 22.8 Å². The van der Waals surface area contributed by atoms with Gasteiger partial charge in [-0.05, 0) is 89.9 Å². The summed E-state index contributed by atoms with van der Waals surface area (Å²) in [5.41, 5.74) is 3.79. The summed E-state index contributed by atoms with van der Waals surface area (Å²) in [6.45, 7) is 13.2. The minimum absolute atomic E-state index is 0.120. The summed E-state index contributed by atoms with van der Waals surface area (Å²) < 4.78 is 0. The SMILES string of the molecule is Cc1cc(C)cc(NC(=S)NC2CC(C)(C)NC(C)(C)C2)c1. The number of hydrogen-bond donors (Lipinski definition) is 3. The van der Waals surface area contributed by atoms with Gasteiger partial charge in [0.2, 0.25) is 0 Å². The van der Waals surface area contributed by atoms with Crippen molar-refractivity contribution in [1.82, 2.24) is 10.6 Å². The van der Waals surface area contributed by atoms with Crippen LogP contribution in [-0.4, -0.2) is 22.2 Å². The van der Waals surface area contributed by atoms with Gasteiger partial charge >= 0.3 is 0 Å². The largest absolute Gasteiger partial charge is 0.360 e. The molecule has 2 rings (SSSR count). The molecule has 3 nitrogen and oxygen atoms in total. The van der Waals surface area contributed by atoms with Crippen molar-refractivity contribution in [3.05, 3.63) is 29.3 Å². The van der Waals surface area contributed by atoms with E-state index in [4.69, 9.17) is 12.2 Å². The number of rotatable bonds is 2. The lowest BCUT2D eigenvalue weighted by atomic mass is 9.80. The van der Waals surface area contributed by atoms with Crippen molar-refractivity contribution in [2.24, 2.45) is 0 Å². The molecule has 0 atom stereocenters. The van der Waals surface area contributed by atoms with Crippen molar-refractivity contribution in [3.63, 3.8) is 0 Å². The normalized spacial score (nSPS) is 20.5. The highest BCUT2D eigenvalue weighted by molar-refractivity contribution is 7.80. The van der Waals surface area contributed by atoms with E-state index in [1.807, 2.05) is 0 Å². The van der Waals surface area contributed by atoms with Gasteiger partial charge in [0.1, 0.15) is 0 Å². The predicted octanol–water partition coefficient (Wildman–Crippen LogP) is 3.90. The van der Waals surface area contributed by atoms with E-state index in [0.717, 1.165) is 18.5 Å². The van der Waals surface area contributed by atoms with Crippen LogP contribution >= 0.6 is 12.2 Å². The zero-order valence-electron chi connectivity index (χ0n) is 14.6. The topological polar surface area (TPSA) is 36.1 Å². The van der Waals surface area contributed by atoms with Crippen LogP contribution in [0.2, 0.25) is 0 Å². The lowest BCUT2D eigenvalue weighted by molar-refractivity contribution is 0.156. The molecule has 0 spiro atoms. The van der Waals surface area contributed by atoms with Crippen LogP contribution in [0.3, 0.4) is 0 Å². The van der Waals surface area contributed by atoms with Crippen LogP contribution in [0.1, 0.15) is 51.7 Å². The van der Waals surface area contributed by atoms with Crippen molar-refractivity contribution < 1.29 is 0 Å². The first kappa shape index (κ1) is 17.2. The van der Waals surface area contributed by atoms with Crippen LogP contribution in [0, 0.1) is 13.8 Å². The molecule has 1 aliphatic rings. The highest BCUT2D eigenvalue weighted by atomic mass is 32.1. The van der Waals surface area contributed by atoms with Crippen LogP contribution in [0.25, 0.3) is 0 Å². The summed E-state index contributed by atoms with van der Waals surface area (Å²) in [4.78, 5) is 0. The highest BCUT2D eigenvalue weighted by Crippen LogP contribution is 2.28. The quantitative estimate of drug-likeness (QED) is 0.723. The third-order valence-corrected chi connectivity index (χ3v) is 4.22. The van der Waals surface area contributed by atoms with Gasteiger partial charge in [-0.1, -0.05) is 6.07 Å². The summed E-state index contributed by atoms with van der Waals surface area (Å²) >= 11 is 5.51. The fourth-order valence-corrected chi connectivity index (χ4v) is 4.11. The van der Waals surface area contributed by atoms with Gasteiger partial charge in [-0.15, -0.1) is 0 Å². The molecule has 1 heterocycles. The van der Waals surface area contributed by atoms with Crippen molar-refractivity contribution in [1.29, 1.82) is 0 Å². The second-order valence-electron chi connectivity index (χ2n) is 7.97. The maximum Gasteiger partial charge on any atom is 0.170 e. The molecule has 1 fully saturated rings. The lowest BCUT2D eigenvalue weighted by Gasteiger charge is -2.46. The Labute approximate surface area is 140 Å². The molecule has 1 aliphatic heterocycles. The fraction of sp³-hybridized carbons (Fsp3) is 0.611. The van der Waals surface area contributed by atoms with Crippen LogP contribution in [0.4, 0.5) is 5.69 Å². The summed E-state index contributed by atoms with van der Waals surface area (Å²) in [5.74, 6) is 0. The molecule has 122 valence electrons. The molecular formula is C18H29N3S. The molecule has 0 amide bonds. The molecule has 4 heteroatoms. The van der Waals surface area contributed by atoms with E-state index < -0.39 is 0 Å². The Balaban J connectivity index is 1.99. The molecule has 1 saturated heterocycles. The summed E-state index contributed by atoms with van der Waals surface area (Å²) in [6.07, 6.45) is 2.12. The van der Waals surface area contributed by atoms with Gasteiger partial charge in [-0.25, -0.2) is 0 Å². The van der Waals surface area contributed by atoms with Crippen molar-refractivity contribution in [2.45, 2.75) is 71.5 Å². The van der Waals surface area contributed by atoms with E-state index in [9.17, 15) is 0 Å². The Morgan fingerprint density at radius 2 is 1.55 bits per heavy atom. The molecule has 1 aromatic carbocycles. The Hall–Kier alpha value is -1.13. The van der Waals surface area contributed by atoms with E-state index in [1.54, 1.807) is 0 Å². The molecule has 0 bridgehead atoms. The molecule has 0 aliphatic carbocycles. The van der Waals surface area contributed by atoms with Crippen LogP contribution in [-0.2, 0) is 0 Å². The molecular weight excluding hydrogens is 290 g/mol. The average molecular weight is 320 g/mol. The van der Waals surface area contributed by atoms with Crippen LogP contribution < -0.4 is 16.0 Å². The van der Waals surface area contributed by atoms with Crippen LogP contribution in [0.15, 0.2) is 18.2 Å². The van der Waals surface area contributed by atoms with Crippen molar-refractivity contribution >= 4 is 23.0 Å². The number of aryl methyl sites for hydroxylation is 2. The first-order valence-corrected chi connectivity index (χ1v) is 8.41. The highest BCUT2D eigenvalue weighted by Gasteiger charge is 2.37. The summed E-state index contributed by atoms with van der Waals surface area (Å²) in [7, 11) is 0. The molecule has 22 heavy (non-hydrogen) atoms. The third kappa shape index (κ3) is 4.96. The Bertz CT molecular complexity index is 527.